The number of amides is 1. The first-order chi connectivity index (χ1) is 16.7. The SMILES string of the molecule is [C-]#[N+]c1ccc(CNC(=O)[C@H](Nc2cc(-n3cccc3)nc(NCC)n2)C2CCCCC2)cc1. The molecule has 0 aliphatic heterocycles. The Morgan fingerprint density at radius 3 is 2.56 bits per heavy atom. The molecular weight excluding hydrogens is 426 g/mol. The minimum absolute atomic E-state index is 0.0349. The molecular formula is C26H31N7O. The zero-order valence-electron chi connectivity index (χ0n) is 19.5. The summed E-state index contributed by atoms with van der Waals surface area (Å²) < 4.78 is 1.93. The van der Waals surface area contributed by atoms with Gasteiger partial charge in [0.1, 0.15) is 17.7 Å². The van der Waals surface area contributed by atoms with Crippen molar-refractivity contribution < 1.29 is 4.79 Å². The van der Waals surface area contributed by atoms with Crippen molar-refractivity contribution in [2.75, 3.05) is 17.2 Å². The minimum Gasteiger partial charge on any atom is -0.358 e. The molecule has 2 heterocycles. The van der Waals surface area contributed by atoms with Crippen LogP contribution in [0.25, 0.3) is 10.7 Å². The van der Waals surface area contributed by atoms with E-state index in [-0.39, 0.29) is 17.9 Å². The minimum atomic E-state index is -0.385. The average Bonchev–Trinajstić information content (AvgIpc) is 3.42. The fourth-order valence-electron chi connectivity index (χ4n) is 4.38. The van der Waals surface area contributed by atoms with Gasteiger partial charge in [-0.25, -0.2) is 4.85 Å². The Balaban J connectivity index is 1.54. The van der Waals surface area contributed by atoms with E-state index in [1.54, 1.807) is 12.1 Å². The molecule has 0 unspecified atom stereocenters. The second kappa shape index (κ2) is 11.3. The smallest absolute Gasteiger partial charge is 0.243 e. The van der Waals surface area contributed by atoms with E-state index in [1.807, 2.05) is 54.2 Å². The molecule has 2 aromatic heterocycles. The van der Waals surface area contributed by atoms with Gasteiger partial charge >= 0.3 is 0 Å². The maximum absolute atomic E-state index is 13.4. The van der Waals surface area contributed by atoms with E-state index < -0.39 is 0 Å². The molecule has 8 nitrogen and oxygen atoms in total. The van der Waals surface area contributed by atoms with Gasteiger partial charge in [0.2, 0.25) is 11.9 Å². The molecule has 1 amide bonds. The average molecular weight is 458 g/mol. The molecule has 0 bridgehead atoms. The summed E-state index contributed by atoms with van der Waals surface area (Å²) >= 11 is 0. The van der Waals surface area contributed by atoms with Crippen LogP contribution in [-0.2, 0) is 11.3 Å². The van der Waals surface area contributed by atoms with Gasteiger partial charge in [-0.3, -0.25) is 4.79 Å². The second-order valence-electron chi connectivity index (χ2n) is 8.57. The van der Waals surface area contributed by atoms with Crippen LogP contribution in [0.4, 0.5) is 17.5 Å². The number of hydrogen-bond acceptors (Lipinski definition) is 5. The molecule has 1 fully saturated rings. The Kier molecular flexibility index (Phi) is 7.76. The number of nitrogens with zero attached hydrogens (tertiary/aromatic N) is 4. The Hall–Kier alpha value is -3.86. The van der Waals surface area contributed by atoms with Crippen molar-refractivity contribution in [1.29, 1.82) is 0 Å². The predicted octanol–water partition coefficient (Wildman–Crippen LogP) is 4.93. The maximum atomic E-state index is 13.4. The lowest BCUT2D eigenvalue weighted by Gasteiger charge is -2.30. The number of hydrogen-bond donors (Lipinski definition) is 3. The summed E-state index contributed by atoms with van der Waals surface area (Å²) in [6.45, 7) is 10.2. The van der Waals surface area contributed by atoms with Crippen molar-refractivity contribution in [2.24, 2.45) is 5.92 Å². The molecule has 1 saturated carbocycles. The van der Waals surface area contributed by atoms with Crippen LogP contribution in [-0.4, -0.2) is 33.0 Å². The van der Waals surface area contributed by atoms with E-state index in [4.69, 9.17) is 6.57 Å². The van der Waals surface area contributed by atoms with Gasteiger partial charge in [0.25, 0.3) is 0 Å². The Bertz CT molecular complexity index is 1110. The molecule has 0 saturated heterocycles. The van der Waals surface area contributed by atoms with E-state index in [9.17, 15) is 4.79 Å². The van der Waals surface area contributed by atoms with Crippen LogP contribution in [0.2, 0.25) is 0 Å². The number of aromatic nitrogens is 3. The van der Waals surface area contributed by atoms with Crippen molar-refractivity contribution in [2.45, 2.75) is 51.6 Å². The molecule has 1 aliphatic carbocycles. The zero-order chi connectivity index (χ0) is 23.8. The van der Waals surface area contributed by atoms with Gasteiger partial charge in [-0.05, 0) is 43.4 Å². The van der Waals surface area contributed by atoms with Gasteiger partial charge in [0, 0.05) is 31.5 Å². The first-order valence-corrected chi connectivity index (χ1v) is 11.9. The number of carbonyl (C=O) groups excluding carboxylic acids is 1. The van der Waals surface area contributed by atoms with E-state index in [0.29, 0.717) is 30.5 Å². The molecule has 0 radical (unpaired) electrons. The Labute approximate surface area is 200 Å². The van der Waals surface area contributed by atoms with Crippen LogP contribution in [0.1, 0.15) is 44.6 Å². The highest BCUT2D eigenvalue weighted by molar-refractivity contribution is 5.84. The molecule has 4 rings (SSSR count). The summed E-state index contributed by atoms with van der Waals surface area (Å²) in [7, 11) is 0. The van der Waals surface area contributed by atoms with Gasteiger partial charge in [-0.15, -0.1) is 0 Å². The van der Waals surface area contributed by atoms with Crippen LogP contribution in [0, 0.1) is 12.5 Å². The summed E-state index contributed by atoms with van der Waals surface area (Å²) in [5, 5.41) is 9.73. The quantitative estimate of drug-likeness (QED) is 0.397. The van der Waals surface area contributed by atoms with Gasteiger partial charge in [-0.2, -0.15) is 9.97 Å². The lowest BCUT2D eigenvalue weighted by atomic mass is 9.83. The largest absolute Gasteiger partial charge is 0.358 e. The molecule has 1 aromatic carbocycles. The van der Waals surface area contributed by atoms with Crippen LogP contribution >= 0.6 is 0 Å². The van der Waals surface area contributed by atoms with Crippen molar-refractivity contribution in [3.8, 4) is 5.82 Å². The van der Waals surface area contributed by atoms with Crippen molar-refractivity contribution in [3.05, 3.63) is 71.8 Å². The lowest BCUT2D eigenvalue weighted by Crippen LogP contribution is -2.45. The Morgan fingerprint density at radius 1 is 1.15 bits per heavy atom. The van der Waals surface area contributed by atoms with Crippen molar-refractivity contribution >= 4 is 23.4 Å². The number of carbonyl (C=O) groups is 1. The number of rotatable bonds is 9. The summed E-state index contributed by atoms with van der Waals surface area (Å²) in [6, 6.07) is 12.7. The Morgan fingerprint density at radius 2 is 1.88 bits per heavy atom. The van der Waals surface area contributed by atoms with E-state index >= 15 is 0 Å². The molecule has 176 valence electrons. The molecule has 3 aromatic rings. The van der Waals surface area contributed by atoms with Crippen LogP contribution in [0.5, 0.6) is 0 Å². The fourth-order valence-corrected chi connectivity index (χ4v) is 4.38. The van der Waals surface area contributed by atoms with Gasteiger partial charge in [-0.1, -0.05) is 43.5 Å². The topological polar surface area (TPSA) is 88.2 Å². The highest BCUT2D eigenvalue weighted by atomic mass is 16.2. The molecule has 1 aliphatic rings. The first-order valence-electron chi connectivity index (χ1n) is 11.9. The highest BCUT2D eigenvalue weighted by Crippen LogP contribution is 2.29. The molecule has 34 heavy (non-hydrogen) atoms. The van der Waals surface area contributed by atoms with Gasteiger partial charge < -0.3 is 20.5 Å². The van der Waals surface area contributed by atoms with Crippen LogP contribution in [0.3, 0.4) is 0 Å². The monoisotopic (exact) mass is 457 g/mol. The van der Waals surface area contributed by atoms with Gasteiger partial charge in [0.05, 0.1) is 6.57 Å². The van der Waals surface area contributed by atoms with Crippen LogP contribution in [0.15, 0.2) is 54.9 Å². The summed E-state index contributed by atoms with van der Waals surface area (Å²) in [6.07, 6.45) is 9.39. The van der Waals surface area contributed by atoms with Crippen LogP contribution < -0.4 is 16.0 Å². The first kappa shape index (κ1) is 23.3. The number of nitrogens with one attached hydrogen (secondary N) is 3. The van der Waals surface area contributed by atoms with Gasteiger partial charge in [0.15, 0.2) is 5.69 Å². The van der Waals surface area contributed by atoms with Crippen molar-refractivity contribution in [3.63, 3.8) is 0 Å². The third-order valence-corrected chi connectivity index (χ3v) is 6.16. The third-order valence-electron chi connectivity index (χ3n) is 6.16. The normalized spacial score (nSPS) is 14.7. The second-order valence-corrected chi connectivity index (χ2v) is 8.57. The third kappa shape index (κ3) is 5.93. The standard InChI is InChI=1S/C26H31N7O/c1-3-28-26-31-22(17-23(32-26)33-15-7-8-16-33)30-24(20-9-5-4-6-10-20)25(34)29-18-19-11-13-21(27-2)14-12-19/h7-8,11-17,20,24H,3-6,9-10,18H2,1H3,(H,29,34)(H2,28,30,31,32)/t24-/m1/s1. The zero-order valence-corrected chi connectivity index (χ0v) is 19.5. The maximum Gasteiger partial charge on any atom is 0.243 e. The molecule has 0 spiro atoms. The summed E-state index contributed by atoms with van der Waals surface area (Å²) in [5.74, 6) is 2.10. The molecule has 1 atom stereocenters. The lowest BCUT2D eigenvalue weighted by molar-refractivity contribution is -0.123. The van der Waals surface area contributed by atoms with E-state index in [0.717, 1.165) is 37.1 Å². The predicted molar refractivity (Wildman–Crippen MR) is 134 cm³/mol. The number of benzene rings is 1. The summed E-state index contributed by atoms with van der Waals surface area (Å²) in [4.78, 5) is 26.0. The van der Waals surface area contributed by atoms with E-state index in [2.05, 4.69) is 30.8 Å². The number of anilines is 2. The highest BCUT2D eigenvalue weighted by Gasteiger charge is 2.30. The fraction of sp³-hybridized carbons (Fsp3) is 0.385. The van der Waals surface area contributed by atoms with E-state index in [1.165, 1.54) is 6.42 Å². The molecule has 8 heteroatoms. The molecule has 3 N–H and O–H groups in total. The van der Waals surface area contributed by atoms with Crippen molar-refractivity contribution in [1.82, 2.24) is 19.9 Å². The summed E-state index contributed by atoms with van der Waals surface area (Å²) in [5.41, 5.74) is 1.56.